The van der Waals surface area contributed by atoms with Crippen LogP contribution >= 0.6 is 0 Å². The summed E-state index contributed by atoms with van der Waals surface area (Å²) >= 11 is 0. The van der Waals surface area contributed by atoms with Crippen LogP contribution in [0.1, 0.15) is 23.0 Å². The van der Waals surface area contributed by atoms with Gasteiger partial charge in [-0.25, -0.2) is 9.90 Å². The van der Waals surface area contributed by atoms with Crippen LogP contribution in [0.4, 0.5) is 0 Å². The van der Waals surface area contributed by atoms with Crippen molar-refractivity contribution >= 4 is 11.8 Å². The average molecular weight is 275 g/mol. The summed E-state index contributed by atoms with van der Waals surface area (Å²) in [6, 6.07) is 8.33. The molecule has 0 saturated carbocycles. The summed E-state index contributed by atoms with van der Waals surface area (Å²) in [7, 11) is 0. The van der Waals surface area contributed by atoms with Crippen LogP contribution in [-0.2, 0) is 16.1 Å². The van der Waals surface area contributed by atoms with Crippen molar-refractivity contribution in [3.8, 4) is 0 Å². The van der Waals surface area contributed by atoms with E-state index in [1.54, 1.807) is 37.3 Å². The molecule has 0 aliphatic carbocycles. The fraction of sp³-hybridized carbons (Fsp3) is 0.231. The first-order valence-electron chi connectivity index (χ1n) is 6.04. The second kappa shape index (κ2) is 5.96. The first kappa shape index (κ1) is 13.7. The quantitative estimate of drug-likeness (QED) is 0.628. The summed E-state index contributed by atoms with van der Waals surface area (Å²) < 4.78 is 5.66. The first-order chi connectivity index (χ1) is 9.63. The normalized spacial score (nSPS) is 10.2. The Labute approximate surface area is 114 Å². The summed E-state index contributed by atoms with van der Waals surface area (Å²) in [5.41, 5.74) is -0.535. The lowest BCUT2D eigenvalue weighted by Gasteiger charge is -2.00. The Balaban J connectivity index is 2.23. The highest BCUT2D eigenvalue weighted by atomic mass is 16.5. The minimum atomic E-state index is -0.646. The maximum absolute atomic E-state index is 12.1. The minimum Gasteiger partial charge on any atom is -0.465 e. The molecule has 0 spiro atoms. The van der Waals surface area contributed by atoms with Gasteiger partial charge in [0, 0.05) is 5.56 Å². The molecule has 1 aromatic carbocycles. The second-order valence-electron chi connectivity index (χ2n) is 3.95. The fourth-order valence-electron chi connectivity index (χ4n) is 1.65. The molecule has 2 aromatic rings. The van der Waals surface area contributed by atoms with E-state index in [0.29, 0.717) is 5.56 Å². The van der Waals surface area contributed by atoms with E-state index in [1.807, 2.05) is 0 Å². The Hall–Kier alpha value is -2.70. The molecule has 7 heteroatoms. The number of carbonyl (C=O) groups excluding carboxylic acids is 2. The number of aromatic nitrogens is 3. The van der Waals surface area contributed by atoms with Crippen LogP contribution < -0.4 is 5.56 Å². The van der Waals surface area contributed by atoms with E-state index in [2.05, 4.69) is 10.3 Å². The summed E-state index contributed by atoms with van der Waals surface area (Å²) in [6.07, 6.45) is 0. The third-order valence-corrected chi connectivity index (χ3v) is 2.57. The molecule has 0 radical (unpaired) electrons. The Bertz CT molecular complexity index is 672. The van der Waals surface area contributed by atoms with Gasteiger partial charge in [-0.3, -0.25) is 14.4 Å². The molecule has 7 nitrogen and oxygen atoms in total. The van der Waals surface area contributed by atoms with Gasteiger partial charge in [0.2, 0.25) is 5.78 Å². The topological polar surface area (TPSA) is 94.0 Å². The molecule has 1 N–H and O–H groups in total. The number of ketones is 1. The summed E-state index contributed by atoms with van der Waals surface area (Å²) in [5.74, 6) is -1.06. The molecule has 0 unspecified atom stereocenters. The Morgan fingerprint density at radius 1 is 1.30 bits per heavy atom. The average Bonchev–Trinajstić information content (AvgIpc) is 2.81. The summed E-state index contributed by atoms with van der Waals surface area (Å²) in [4.78, 5) is 35.3. The highest BCUT2D eigenvalue weighted by molar-refractivity contribution is 6.07. The van der Waals surface area contributed by atoms with E-state index in [0.717, 1.165) is 4.68 Å². The highest BCUT2D eigenvalue weighted by Gasteiger charge is 2.19. The number of rotatable bonds is 5. The van der Waals surface area contributed by atoms with E-state index < -0.39 is 17.3 Å². The molecule has 0 saturated heterocycles. The molecule has 0 atom stereocenters. The SMILES string of the molecule is CCOC(=O)Cn1[nH]nc(C(=O)c2ccccc2)c1=O. The molecule has 0 aliphatic heterocycles. The molecule has 0 aliphatic rings. The molecule has 0 fully saturated rings. The summed E-state index contributed by atoms with van der Waals surface area (Å²) in [6.45, 7) is 1.58. The lowest BCUT2D eigenvalue weighted by molar-refractivity contribution is -0.144. The van der Waals surface area contributed by atoms with Gasteiger partial charge in [-0.2, -0.15) is 0 Å². The van der Waals surface area contributed by atoms with Gasteiger partial charge in [-0.05, 0) is 6.92 Å². The predicted molar refractivity (Wildman–Crippen MR) is 69.4 cm³/mol. The van der Waals surface area contributed by atoms with Gasteiger partial charge in [0.25, 0.3) is 5.56 Å². The fourth-order valence-corrected chi connectivity index (χ4v) is 1.65. The van der Waals surface area contributed by atoms with Crippen LogP contribution in [-0.4, -0.2) is 33.4 Å². The number of esters is 1. The number of aromatic amines is 1. The van der Waals surface area contributed by atoms with Crippen LogP contribution in [0, 0.1) is 0 Å². The third kappa shape index (κ3) is 2.82. The molecule has 1 aromatic heterocycles. The van der Waals surface area contributed by atoms with E-state index in [-0.39, 0.29) is 18.8 Å². The number of H-pyrrole nitrogens is 1. The van der Waals surface area contributed by atoms with Crippen molar-refractivity contribution in [2.45, 2.75) is 13.5 Å². The monoisotopic (exact) mass is 275 g/mol. The lowest BCUT2D eigenvalue weighted by atomic mass is 10.1. The van der Waals surface area contributed by atoms with E-state index in [9.17, 15) is 14.4 Å². The molecule has 2 rings (SSSR count). The molecule has 0 bridgehead atoms. The van der Waals surface area contributed by atoms with E-state index in [1.165, 1.54) is 0 Å². The number of carbonyl (C=O) groups is 2. The number of ether oxygens (including phenoxy) is 1. The number of hydrogen-bond donors (Lipinski definition) is 1. The minimum absolute atomic E-state index is 0.220. The van der Waals surface area contributed by atoms with Crippen LogP contribution in [0.3, 0.4) is 0 Å². The molecular weight excluding hydrogens is 262 g/mol. The third-order valence-electron chi connectivity index (χ3n) is 2.57. The molecular formula is C13H13N3O4. The number of hydrogen-bond acceptors (Lipinski definition) is 5. The van der Waals surface area contributed by atoms with Crippen molar-refractivity contribution in [2.75, 3.05) is 6.61 Å². The van der Waals surface area contributed by atoms with Crippen molar-refractivity contribution in [2.24, 2.45) is 0 Å². The van der Waals surface area contributed by atoms with Crippen molar-refractivity contribution in [1.29, 1.82) is 0 Å². The Morgan fingerprint density at radius 2 is 2.00 bits per heavy atom. The second-order valence-corrected chi connectivity index (χ2v) is 3.95. The van der Waals surface area contributed by atoms with Crippen LogP contribution in [0.15, 0.2) is 35.1 Å². The van der Waals surface area contributed by atoms with E-state index >= 15 is 0 Å². The van der Waals surface area contributed by atoms with Crippen molar-refractivity contribution in [1.82, 2.24) is 15.0 Å². The smallest absolute Gasteiger partial charge is 0.327 e. The maximum Gasteiger partial charge on any atom is 0.327 e. The zero-order valence-electron chi connectivity index (χ0n) is 10.8. The Kier molecular flexibility index (Phi) is 4.09. The Morgan fingerprint density at radius 3 is 2.65 bits per heavy atom. The van der Waals surface area contributed by atoms with Gasteiger partial charge >= 0.3 is 5.97 Å². The van der Waals surface area contributed by atoms with Crippen LogP contribution in [0.5, 0.6) is 0 Å². The summed E-state index contributed by atoms with van der Waals surface area (Å²) in [5, 5.41) is 6.02. The van der Waals surface area contributed by atoms with E-state index in [4.69, 9.17) is 4.74 Å². The number of nitrogens with zero attached hydrogens (tertiary/aromatic N) is 2. The highest BCUT2D eigenvalue weighted by Crippen LogP contribution is 2.03. The van der Waals surface area contributed by atoms with Crippen LogP contribution in [0.25, 0.3) is 0 Å². The standard InChI is InChI=1S/C13H13N3O4/c1-2-20-10(17)8-16-13(19)11(14-15-16)12(18)9-6-4-3-5-7-9/h3-7,15H,2,8H2,1H3. The zero-order chi connectivity index (χ0) is 14.5. The van der Waals surface area contributed by atoms with Crippen molar-refractivity contribution in [3.63, 3.8) is 0 Å². The number of benzene rings is 1. The molecule has 104 valence electrons. The van der Waals surface area contributed by atoms with Gasteiger partial charge in [0.1, 0.15) is 6.54 Å². The first-order valence-corrected chi connectivity index (χ1v) is 6.04. The largest absolute Gasteiger partial charge is 0.465 e. The molecule has 1 heterocycles. The lowest BCUT2D eigenvalue weighted by Crippen LogP contribution is -2.26. The van der Waals surface area contributed by atoms with Crippen LogP contribution in [0.2, 0.25) is 0 Å². The van der Waals surface area contributed by atoms with Gasteiger partial charge in [0.05, 0.1) is 6.61 Å². The van der Waals surface area contributed by atoms with Gasteiger partial charge in [-0.1, -0.05) is 30.3 Å². The zero-order valence-corrected chi connectivity index (χ0v) is 10.8. The van der Waals surface area contributed by atoms with Gasteiger partial charge < -0.3 is 4.74 Å². The van der Waals surface area contributed by atoms with Crippen molar-refractivity contribution < 1.29 is 14.3 Å². The van der Waals surface area contributed by atoms with Gasteiger partial charge in [-0.15, -0.1) is 5.10 Å². The predicted octanol–water partition coefficient (Wildman–Crippen LogP) is 0.365. The van der Waals surface area contributed by atoms with Gasteiger partial charge in [0.15, 0.2) is 5.69 Å². The number of nitrogens with one attached hydrogen (secondary N) is 1. The maximum atomic E-state index is 12.1. The molecule has 0 amide bonds. The van der Waals surface area contributed by atoms with Crippen molar-refractivity contribution in [3.05, 3.63) is 51.9 Å². The molecule has 20 heavy (non-hydrogen) atoms.